The molecule has 0 saturated heterocycles. The van der Waals surface area contributed by atoms with E-state index in [1.807, 2.05) is 25.1 Å². The first-order chi connectivity index (χ1) is 6.65. The number of nitrogens with zero attached hydrogens (tertiary/aromatic N) is 1. The fourth-order valence-electron chi connectivity index (χ4n) is 1.25. The molecule has 1 aromatic carbocycles. The Morgan fingerprint density at radius 3 is 2.79 bits per heavy atom. The molecule has 0 aliphatic carbocycles. The number of aliphatic hydroxyl groups is 1. The van der Waals surface area contributed by atoms with E-state index in [0.717, 1.165) is 5.56 Å². The number of aliphatic hydroxyl groups excluding tert-OH is 1. The van der Waals surface area contributed by atoms with E-state index in [2.05, 4.69) is 0 Å². The summed E-state index contributed by atoms with van der Waals surface area (Å²) in [4.78, 5) is 13.2. The van der Waals surface area contributed by atoms with Gasteiger partial charge in [-0.15, -0.1) is 0 Å². The number of hydrogen-bond acceptors (Lipinski definition) is 2. The zero-order chi connectivity index (χ0) is 10.6. The Hall–Kier alpha value is -1.35. The summed E-state index contributed by atoms with van der Waals surface area (Å²) in [6.07, 6.45) is 0. The highest BCUT2D eigenvalue weighted by molar-refractivity contribution is 5.94. The second-order valence-corrected chi connectivity index (χ2v) is 3.32. The van der Waals surface area contributed by atoms with E-state index in [1.165, 1.54) is 4.90 Å². The number of likely N-dealkylation sites (N-methyl/N-ethyl adjacent to an activating group) is 1. The van der Waals surface area contributed by atoms with Crippen molar-refractivity contribution in [2.45, 2.75) is 6.92 Å². The summed E-state index contributed by atoms with van der Waals surface area (Å²) < 4.78 is 0. The highest BCUT2D eigenvalue weighted by Gasteiger charge is 2.10. The lowest BCUT2D eigenvalue weighted by Gasteiger charge is -2.15. The Kier molecular flexibility index (Phi) is 3.65. The van der Waals surface area contributed by atoms with Gasteiger partial charge in [0.05, 0.1) is 6.61 Å². The van der Waals surface area contributed by atoms with Crippen LogP contribution < -0.4 is 0 Å². The maximum atomic E-state index is 11.7. The molecule has 0 atom stereocenters. The van der Waals surface area contributed by atoms with Crippen LogP contribution in [0.25, 0.3) is 0 Å². The normalized spacial score (nSPS) is 9.93. The molecular formula is C11H15NO2. The zero-order valence-corrected chi connectivity index (χ0v) is 8.53. The Labute approximate surface area is 84.0 Å². The smallest absolute Gasteiger partial charge is 0.253 e. The number of carbonyl (C=O) groups excluding carboxylic acids is 1. The Balaban J connectivity index is 2.78. The van der Waals surface area contributed by atoms with Crippen molar-refractivity contribution in [1.82, 2.24) is 4.90 Å². The van der Waals surface area contributed by atoms with Gasteiger partial charge in [0, 0.05) is 19.2 Å². The molecular weight excluding hydrogens is 178 g/mol. The summed E-state index contributed by atoms with van der Waals surface area (Å²) in [5, 5.41) is 8.69. The lowest BCUT2D eigenvalue weighted by Crippen LogP contribution is -2.29. The summed E-state index contributed by atoms with van der Waals surface area (Å²) in [5.41, 5.74) is 1.73. The first-order valence-electron chi connectivity index (χ1n) is 4.58. The van der Waals surface area contributed by atoms with Crippen LogP contribution in [0, 0.1) is 6.92 Å². The number of amides is 1. The minimum Gasteiger partial charge on any atom is -0.395 e. The fraction of sp³-hybridized carbons (Fsp3) is 0.364. The van der Waals surface area contributed by atoms with Crippen molar-refractivity contribution >= 4 is 5.91 Å². The third-order valence-corrected chi connectivity index (χ3v) is 2.05. The summed E-state index contributed by atoms with van der Waals surface area (Å²) in [5.74, 6) is -0.0530. The zero-order valence-electron chi connectivity index (χ0n) is 8.53. The Morgan fingerprint density at radius 1 is 1.50 bits per heavy atom. The van der Waals surface area contributed by atoms with Gasteiger partial charge < -0.3 is 10.0 Å². The molecule has 1 N–H and O–H groups in total. The van der Waals surface area contributed by atoms with Crippen molar-refractivity contribution in [2.75, 3.05) is 20.2 Å². The largest absolute Gasteiger partial charge is 0.395 e. The van der Waals surface area contributed by atoms with E-state index in [4.69, 9.17) is 5.11 Å². The van der Waals surface area contributed by atoms with E-state index < -0.39 is 0 Å². The predicted molar refractivity (Wildman–Crippen MR) is 55.2 cm³/mol. The van der Waals surface area contributed by atoms with Crippen LogP contribution in [-0.4, -0.2) is 36.1 Å². The van der Waals surface area contributed by atoms with E-state index in [1.54, 1.807) is 13.1 Å². The molecule has 0 unspecified atom stereocenters. The number of rotatable bonds is 3. The van der Waals surface area contributed by atoms with Crippen LogP contribution in [0.5, 0.6) is 0 Å². The van der Waals surface area contributed by atoms with Gasteiger partial charge in [-0.25, -0.2) is 0 Å². The van der Waals surface area contributed by atoms with Gasteiger partial charge in [-0.1, -0.05) is 17.7 Å². The second kappa shape index (κ2) is 4.77. The molecule has 1 amide bonds. The monoisotopic (exact) mass is 193 g/mol. The summed E-state index contributed by atoms with van der Waals surface area (Å²) in [6, 6.07) is 7.43. The van der Waals surface area contributed by atoms with E-state index in [-0.39, 0.29) is 12.5 Å². The Bertz CT molecular complexity index is 323. The predicted octanol–water partition coefficient (Wildman–Crippen LogP) is 1.06. The topological polar surface area (TPSA) is 40.5 Å². The molecule has 1 aromatic rings. The first kappa shape index (κ1) is 10.7. The van der Waals surface area contributed by atoms with Gasteiger partial charge >= 0.3 is 0 Å². The van der Waals surface area contributed by atoms with Crippen LogP contribution in [-0.2, 0) is 0 Å². The van der Waals surface area contributed by atoms with Crippen molar-refractivity contribution in [3.63, 3.8) is 0 Å². The SMILES string of the molecule is Cc1cccc(C(=O)N(C)CCO)c1. The molecule has 0 aliphatic rings. The van der Waals surface area contributed by atoms with Crippen LogP contribution in [0.1, 0.15) is 15.9 Å². The molecule has 0 radical (unpaired) electrons. The van der Waals surface area contributed by atoms with Crippen LogP contribution in [0.4, 0.5) is 0 Å². The number of carbonyl (C=O) groups is 1. The lowest BCUT2D eigenvalue weighted by molar-refractivity contribution is 0.0767. The maximum absolute atomic E-state index is 11.7. The van der Waals surface area contributed by atoms with Crippen LogP contribution in [0.15, 0.2) is 24.3 Å². The maximum Gasteiger partial charge on any atom is 0.253 e. The minimum absolute atomic E-state index is 0.00590. The quantitative estimate of drug-likeness (QED) is 0.779. The van der Waals surface area contributed by atoms with Crippen LogP contribution >= 0.6 is 0 Å². The third kappa shape index (κ3) is 2.57. The van der Waals surface area contributed by atoms with Crippen LogP contribution in [0.3, 0.4) is 0 Å². The highest BCUT2D eigenvalue weighted by atomic mass is 16.3. The molecule has 0 aliphatic heterocycles. The summed E-state index contributed by atoms with van der Waals surface area (Å²) >= 11 is 0. The average molecular weight is 193 g/mol. The van der Waals surface area contributed by atoms with Gasteiger partial charge in [0.2, 0.25) is 0 Å². The molecule has 76 valence electrons. The first-order valence-corrected chi connectivity index (χ1v) is 4.58. The molecule has 0 saturated carbocycles. The molecule has 3 heteroatoms. The molecule has 0 heterocycles. The van der Waals surface area contributed by atoms with Crippen molar-refractivity contribution in [3.8, 4) is 0 Å². The number of aryl methyl sites for hydroxylation is 1. The van der Waals surface area contributed by atoms with Crippen LogP contribution in [0.2, 0.25) is 0 Å². The summed E-state index contributed by atoms with van der Waals surface area (Å²) in [7, 11) is 1.68. The number of hydrogen-bond donors (Lipinski definition) is 1. The fourth-order valence-corrected chi connectivity index (χ4v) is 1.25. The van der Waals surface area contributed by atoms with Gasteiger partial charge in [-0.2, -0.15) is 0 Å². The molecule has 0 spiro atoms. The molecule has 3 nitrogen and oxygen atoms in total. The summed E-state index contributed by atoms with van der Waals surface area (Å²) in [6.45, 7) is 2.31. The molecule has 0 bridgehead atoms. The van der Waals surface area contributed by atoms with Gasteiger partial charge in [0.1, 0.15) is 0 Å². The molecule has 1 rings (SSSR count). The Morgan fingerprint density at radius 2 is 2.21 bits per heavy atom. The molecule has 14 heavy (non-hydrogen) atoms. The van der Waals surface area contributed by atoms with Gasteiger partial charge in [-0.05, 0) is 19.1 Å². The molecule has 0 aromatic heterocycles. The van der Waals surface area contributed by atoms with Crippen molar-refractivity contribution in [3.05, 3.63) is 35.4 Å². The van der Waals surface area contributed by atoms with E-state index in [0.29, 0.717) is 12.1 Å². The number of benzene rings is 1. The van der Waals surface area contributed by atoms with Gasteiger partial charge in [-0.3, -0.25) is 4.79 Å². The van der Waals surface area contributed by atoms with Gasteiger partial charge in [0.15, 0.2) is 0 Å². The highest BCUT2D eigenvalue weighted by Crippen LogP contribution is 2.06. The van der Waals surface area contributed by atoms with Crippen molar-refractivity contribution in [1.29, 1.82) is 0 Å². The van der Waals surface area contributed by atoms with Crippen molar-refractivity contribution < 1.29 is 9.90 Å². The third-order valence-electron chi connectivity index (χ3n) is 2.05. The molecule has 0 fully saturated rings. The lowest BCUT2D eigenvalue weighted by atomic mass is 10.1. The average Bonchev–Trinajstić information content (AvgIpc) is 2.17. The standard InChI is InChI=1S/C11H15NO2/c1-9-4-3-5-10(8-9)11(14)12(2)6-7-13/h3-5,8,13H,6-7H2,1-2H3. The van der Waals surface area contributed by atoms with E-state index >= 15 is 0 Å². The van der Waals surface area contributed by atoms with Gasteiger partial charge in [0.25, 0.3) is 5.91 Å². The second-order valence-electron chi connectivity index (χ2n) is 3.32. The minimum atomic E-state index is -0.0530. The van der Waals surface area contributed by atoms with Crippen molar-refractivity contribution in [2.24, 2.45) is 0 Å². The van der Waals surface area contributed by atoms with E-state index in [9.17, 15) is 4.79 Å².